The van der Waals surface area contributed by atoms with Crippen molar-refractivity contribution in [2.24, 2.45) is 0 Å². The Morgan fingerprint density at radius 1 is 1.29 bits per heavy atom. The van der Waals surface area contributed by atoms with Crippen molar-refractivity contribution < 1.29 is 13.5 Å². The molecule has 1 aliphatic rings. The van der Waals surface area contributed by atoms with Crippen molar-refractivity contribution in [3.05, 3.63) is 23.8 Å². The number of nitrogens with two attached hydrogens (primary N) is 1. The van der Waals surface area contributed by atoms with Crippen LogP contribution in [0.15, 0.2) is 18.2 Å². The Hall–Kier alpha value is -1.36. The number of piperidine rings is 1. The lowest BCUT2D eigenvalue weighted by atomic mass is 9.90. The molecule has 5 heteroatoms. The van der Waals surface area contributed by atoms with E-state index in [9.17, 15) is 8.78 Å². The van der Waals surface area contributed by atoms with Gasteiger partial charge in [-0.3, -0.25) is 0 Å². The summed E-state index contributed by atoms with van der Waals surface area (Å²) in [5, 5.41) is 3.27. The summed E-state index contributed by atoms with van der Waals surface area (Å²) in [5.74, 6) is 0.480. The molecule has 0 saturated carbocycles. The smallest absolute Gasteiger partial charge is 0.387 e. The highest BCUT2D eigenvalue weighted by atomic mass is 19.3. The molecular formula is C12H16F2N2O. The van der Waals surface area contributed by atoms with Crippen LogP contribution in [-0.4, -0.2) is 19.7 Å². The Kier molecular flexibility index (Phi) is 3.78. The SMILES string of the molecule is Nc1ccc(C2CCNCC2)cc1OC(F)F. The zero-order valence-electron chi connectivity index (χ0n) is 9.46. The number of hydrogen-bond acceptors (Lipinski definition) is 3. The van der Waals surface area contributed by atoms with Crippen LogP contribution in [0.1, 0.15) is 24.3 Å². The van der Waals surface area contributed by atoms with Gasteiger partial charge in [0.05, 0.1) is 5.69 Å². The molecule has 1 fully saturated rings. The van der Waals surface area contributed by atoms with E-state index in [0.717, 1.165) is 31.5 Å². The maximum absolute atomic E-state index is 12.2. The quantitative estimate of drug-likeness (QED) is 0.800. The van der Waals surface area contributed by atoms with Crippen LogP contribution in [0.5, 0.6) is 5.75 Å². The van der Waals surface area contributed by atoms with E-state index in [1.54, 1.807) is 12.1 Å². The summed E-state index contributed by atoms with van der Waals surface area (Å²) in [6, 6.07) is 5.16. The molecule has 0 amide bonds. The van der Waals surface area contributed by atoms with E-state index in [2.05, 4.69) is 10.1 Å². The molecular weight excluding hydrogens is 226 g/mol. The van der Waals surface area contributed by atoms with Crippen molar-refractivity contribution in [2.45, 2.75) is 25.4 Å². The molecule has 1 aromatic carbocycles. The van der Waals surface area contributed by atoms with Gasteiger partial charge in [0.2, 0.25) is 0 Å². The number of alkyl halides is 2. The number of nitrogen functional groups attached to an aromatic ring is 1. The molecule has 2 rings (SSSR count). The van der Waals surface area contributed by atoms with E-state index in [1.807, 2.05) is 6.07 Å². The second kappa shape index (κ2) is 5.31. The van der Waals surface area contributed by atoms with Gasteiger partial charge in [-0.15, -0.1) is 0 Å². The number of rotatable bonds is 3. The standard InChI is InChI=1S/C12H16F2N2O/c13-12(14)17-11-7-9(1-2-10(11)15)8-3-5-16-6-4-8/h1-2,7-8,12,16H,3-6,15H2. The van der Waals surface area contributed by atoms with Crippen molar-refractivity contribution in [3.63, 3.8) is 0 Å². The average Bonchev–Trinajstić information content (AvgIpc) is 2.32. The monoisotopic (exact) mass is 242 g/mol. The number of nitrogens with one attached hydrogen (secondary N) is 1. The topological polar surface area (TPSA) is 47.3 Å². The summed E-state index contributed by atoms with van der Waals surface area (Å²) in [4.78, 5) is 0. The highest BCUT2D eigenvalue weighted by molar-refractivity contribution is 5.54. The molecule has 94 valence electrons. The van der Waals surface area contributed by atoms with Gasteiger partial charge in [-0.1, -0.05) is 6.07 Å². The van der Waals surface area contributed by atoms with Gasteiger partial charge < -0.3 is 15.8 Å². The van der Waals surface area contributed by atoms with Crippen LogP contribution < -0.4 is 15.8 Å². The second-order valence-electron chi connectivity index (χ2n) is 4.20. The molecule has 0 atom stereocenters. The zero-order chi connectivity index (χ0) is 12.3. The van der Waals surface area contributed by atoms with Gasteiger partial charge in [0, 0.05) is 0 Å². The molecule has 0 spiro atoms. The van der Waals surface area contributed by atoms with Gasteiger partial charge >= 0.3 is 6.61 Å². The lowest BCUT2D eigenvalue weighted by Gasteiger charge is -2.23. The third-order valence-electron chi connectivity index (χ3n) is 3.06. The molecule has 0 aromatic heterocycles. The first kappa shape index (κ1) is 12.1. The predicted molar refractivity (Wildman–Crippen MR) is 62.3 cm³/mol. The summed E-state index contributed by atoms with van der Waals surface area (Å²) in [5.41, 5.74) is 6.87. The van der Waals surface area contributed by atoms with Gasteiger partial charge in [0.1, 0.15) is 5.75 Å². The van der Waals surface area contributed by atoms with Crippen LogP contribution in [0.25, 0.3) is 0 Å². The Morgan fingerprint density at radius 2 is 2.00 bits per heavy atom. The lowest BCUT2D eigenvalue weighted by Crippen LogP contribution is -2.26. The predicted octanol–water partition coefficient (Wildman–Crippen LogP) is 2.34. The number of ether oxygens (including phenoxy) is 1. The van der Waals surface area contributed by atoms with E-state index in [1.165, 1.54) is 0 Å². The van der Waals surface area contributed by atoms with Gasteiger partial charge in [0.15, 0.2) is 0 Å². The zero-order valence-corrected chi connectivity index (χ0v) is 9.46. The molecule has 1 aromatic rings. The Labute approximate surface area is 98.9 Å². The Morgan fingerprint density at radius 3 is 2.65 bits per heavy atom. The fraction of sp³-hybridized carbons (Fsp3) is 0.500. The van der Waals surface area contributed by atoms with E-state index < -0.39 is 6.61 Å². The van der Waals surface area contributed by atoms with E-state index in [0.29, 0.717) is 5.92 Å². The molecule has 3 N–H and O–H groups in total. The maximum atomic E-state index is 12.2. The molecule has 3 nitrogen and oxygen atoms in total. The fourth-order valence-corrected chi connectivity index (χ4v) is 2.16. The van der Waals surface area contributed by atoms with Crippen LogP contribution in [0.3, 0.4) is 0 Å². The first-order chi connectivity index (χ1) is 8.16. The van der Waals surface area contributed by atoms with Gasteiger partial charge in [-0.25, -0.2) is 0 Å². The van der Waals surface area contributed by atoms with E-state index in [4.69, 9.17) is 5.73 Å². The largest absolute Gasteiger partial charge is 0.433 e. The molecule has 1 aliphatic heterocycles. The van der Waals surface area contributed by atoms with Crippen molar-refractivity contribution in [2.75, 3.05) is 18.8 Å². The number of anilines is 1. The third kappa shape index (κ3) is 3.06. The molecule has 1 heterocycles. The summed E-state index contributed by atoms with van der Waals surface area (Å²) < 4.78 is 28.8. The van der Waals surface area contributed by atoms with Crippen LogP contribution in [0, 0.1) is 0 Å². The summed E-state index contributed by atoms with van der Waals surface area (Å²) in [7, 11) is 0. The van der Waals surface area contributed by atoms with Crippen LogP contribution in [-0.2, 0) is 0 Å². The minimum Gasteiger partial charge on any atom is -0.433 e. The van der Waals surface area contributed by atoms with E-state index in [-0.39, 0.29) is 11.4 Å². The van der Waals surface area contributed by atoms with Crippen LogP contribution >= 0.6 is 0 Å². The molecule has 1 saturated heterocycles. The second-order valence-corrected chi connectivity index (χ2v) is 4.20. The normalized spacial score (nSPS) is 17.4. The van der Waals surface area contributed by atoms with Crippen molar-refractivity contribution >= 4 is 5.69 Å². The number of halogens is 2. The summed E-state index contributed by atoms with van der Waals surface area (Å²) >= 11 is 0. The van der Waals surface area contributed by atoms with Gasteiger partial charge in [-0.2, -0.15) is 8.78 Å². The average molecular weight is 242 g/mol. The van der Waals surface area contributed by atoms with Crippen molar-refractivity contribution in [3.8, 4) is 5.75 Å². The summed E-state index contributed by atoms with van der Waals surface area (Å²) in [6.45, 7) is -0.916. The Bertz CT molecular complexity index is 379. The van der Waals surface area contributed by atoms with Crippen molar-refractivity contribution in [1.29, 1.82) is 0 Å². The molecule has 0 radical (unpaired) electrons. The van der Waals surface area contributed by atoms with Crippen LogP contribution in [0.2, 0.25) is 0 Å². The first-order valence-corrected chi connectivity index (χ1v) is 5.72. The maximum Gasteiger partial charge on any atom is 0.387 e. The van der Waals surface area contributed by atoms with Gasteiger partial charge in [-0.05, 0) is 49.5 Å². The van der Waals surface area contributed by atoms with Crippen LogP contribution in [0.4, 0.5) is 14.5 Å². The minimum atomic E-state index is -2.83. The highest BCUT2D eigenvalue weighted by Crippen LogP contribution is 2.31. The molecule has 0 bridgehead atoms. The Balaban J connectivity index is 2.17. The minimum absolute atomic E-state index is 0.0797. The highest BCUT2D eigenvalue weighted by Gasteiger charge is 2.17. The first-order valence-electron chi connectivity index (χ1n) is 5.72. The molecule has 17 heavy (non-hydrogen) atoms. The third-order valence-corrected chi connectivity index (χ3v) is 3.06. The number of hydrogen-bond donors (Lipinski definition) is 2. The summed E-state index contributed by atoms with van der Waals surface area (Å²) in [6.07, 6.45) is 2.02. The molecule has 0 aliphatic carbocycles. The number of benzene rings is 1. The lowest BCUT2D eigenvalue weighted by molar-refractivity contribution is -0.0493. The van der Waals surface area contributed by atoms with E-state index >= 15 is 0 Å². The molecule has 0 unspecified atom stereocenters. The van der Waals surface area contributed by atoms with Crippen molar-refractivity contribution in [1.82, 2.24) is 5.32 Å². The fourth-order valence-electron chi connectivity index (χ4n) is 2.16. The van der Waals surface area contributed by atoms with Gasteiger partial charge in [0.25, 0.3) is 0 Å².